The second-order valence-electron chi connectivity index (χ2n) is 5.35. The molecule has 0 amide bonds. The number of hydrogen-bond donors (Lipinski definition) is 1. The van der Waals surface area contributed by atoms with E-state index in [4.69, 9.17) is 4.74 Å². The van der Waals surface area contributed by atoms with Gasteiger partial charge in [0.2, 0.25) is 0 Å². The number of aldehydes is 1. The molecule has 0 aliphatic rings. The normalized spacial score (nSPS) is 12.8. The Bertz CT molecular complexity index is 520. The molecule has 120 valence electrons. The van der Waals surface area contributed by atoms with Gasteiger partial charge in [-0.25, -0.2) is 4.79 Å². The van der Waals surface area contributed by atoms with E-state index in [0.29, 0.717) is 25.0 Å². The van der Waals surface area contributed by atoms with Gasteiger partial charge in [-0.2, -0.15) is 0 Å². The van der Waals surface area contributed by atoms with Crippen LogP contribution in [0, 0.1) is 5.92 Å². The molecule has 0 heterocycles. The molecule has 1 rings (SSSR count). The summed E-state index contributed by atoms with van der Waals surface area (Å²) in [5, 5.41) is 9.53. The summed E-state index contributed by atoms with van der Waals surface area (Å²) in [5.74, 6) is -0.265. The summed E-state index contributed by atoms with van der Waals surface area (Å²) >= 11 is 0. The quantitative estimate of drug-likeness (QED) is 0.433. The van der Waals surface area contributed by atoms with E-state index in [1.165, 1.54) is 6.08 Å². The molecule has 4 heteroatoms. The Kier molecular flexibility index (Phi) is 8.15. The lowest BCUT2D eigenvalue weighted by Gasteiger charge is -2.15. The highest BCUT2D eigenvalue weighted by atomic mass is 16.5. The van der Waals surface area contributed by atoms with Crippen LogP contribution >= 0.6 is 0 Å². The van der Waals surface area contributed by atoms with Crippen LogP contribution in [0.2, 0.25) is 0 Å². The average Bonchev–Trinajstić information content (AvgIpc) is 2.51. The fourth-order valence-corrected chi connectivity index (χ4v) is 2.29. The maximum Gasteiger partial charge on any atom is 0.330 e. The average molecular weight is 304 g/mol. The van der Waals surface area contributed by atoms with Gasteiger partial charge in [-0.15, -0.1) is 0 Å². The number of hydrogen-bond acceptors (Lipinski definition) is 4. The monoisotopic (exact) mass is 304 g/mol. The fourth-order valence-electron chi connectivity index (χ4n) is 2.29. The highest BCUT2D eigenvalue weighted by Gasteiger charge is 2.11. The summed E-state index contributed by atoms with van der Waals surface area (Å²) in [6.45, 7) is 4.07. The van der Waals surface area contributed by atoms with Gasteiger partial charge in [0.15, 0.2) is 0 Å². The zero-order valence-electron chi connectivity index (χ0n) is 13.2. The van der Waals surface area contributed by atoms with Gasteiger partial charge in [0.05, 0.1) is 6.61 Å². The van der Waals surface area contributed by atoms with E-state index in [2.05, 4.69) is 0 Å². The summed E-state index contributed by atoms with van der Waals surface area (Å²) in [5.41, 5.74) is 2.55. The predicted molar refractivity (Wildman–Crippen MR) is 85.7 cm³/mol. The van der Waals surface area contributed by atoms with E-state index in [1.54, 1.807) is 13.0 Å². The molecule has 1 aromatic carbocycles. The van der Waals surface area contributed by atoms with Crippen LogP contribution in [0.1, 0.15) is 42.6 Å². The second kappa shape index (κ2) is 9.90. The maximum atomic E-state index is 11.4. The van der Waals surface area contributed by atoms with Crippen molar-refractivity contribution in [3.63, 3.8) is 0 Å². The number of benzene rings is 1. The van der Waals surface area contributed by atoms with Crippen LogP contribution in [0.4, 0.5) is 0 Å². The van der Waals surface area contributed by atoms with Gasteiger partial charge in [-0.05, 0) is 44.6 Å². The van der Waals surface area contributed by atoms with E-state index < -0.39 is 0 Å². The van der Waals surface area contributed by atoms with Gasteiger partial charge in [-0.3, -0.25) is 4.79 Å². The van der Waals surface area contributed by atoms with E-state index in [0.717, 1.165) is 23.8 Å². The number of aliphatic hydroxyl groups is 1. The zero-order chi connectivity index (χ0) is 16.4. The third-order valence-corrected chi connectivity index (χ3v) is 3.55. The molecule has 4 nitrogen and oxygen atoms in total. The minimum absolute atomic E-state index is 0.0554. The third kappa shape index (κ3) is 6.22. The third-order valence-electron chi connectivity index (χ3n) is 3.55. The van der Waals surface area contributed by atoms with Crippen molar-refractivity contribution >= 4 is 12.3 Å². The Morgan fingerprint density at radius 1 is 1.36 bits per heavy atom. The zero-order valence-corrected chi connectivity index (χ0v) is 13.2. The van der Waals surface area contributed by atoms with Gasteiger partial charge >= 0.3 is 5.97 Å². The van der Waals surface area contributed by atoms with Crippen LogP contribution in [-0.2, 0) is 16.0 Å². The molecule has 0 bridgehead atoms. The minimum Gasteiger partial charge on any atom is -0.463 e. The number of rotatable bonds is 9. The van der Waals surface area contributed by atoms with Crippen molar-refractivity contribution < 1.29 is 19.4 Å². The Balaban J connectivity index is 2.58. The van der Waals surface area contributed by atoms with Crippen molar-refractivity contribution in [1.29, 1.82) is 0 Å². The molecule has 1 aromatic rings. The second-order valence-corrected chi connectivity index (χ2v) is 5.35. The van der Waals surface area contributed by atoms with Crippen molar-refractivity contribution in [2.45, 2.75) is 33.1 Å². The molecule has 0 saturated heterocycles. The maximum absolute atomic E-state index is 11.4. The smallest absolute Gasteiger partial charge is 0.330 e. The summed E-state index contributed by atoms with van der Waals surface area (Å²) in [6.07, 6.45) is 4.46. The summed E-state index contributed by atoms with van der Waals surface area (Å²) in [7, 11) is 0. The van der Waals surface area contributed by atoms with Crippen molar-refractivity contribution in [2.24, 2.45) is 5.92 Å². The molecule has 0 spiro atoms. The molecule has 0 saturated carbocycles. The lowest BCUT2D eigenvalue weighted by atomic mass is 9.92. The summed E-state index contributed by atoms with van der Waals surface area (Å²) < 4.78 is 4.87. The molecule has 0 fully saturated rings. The summed E-state index contributed by atoms with van der Waals surface area (Å²) in [4.78, 5) is 22.4. The van der Waals surface area contributed by atoms with Crippen molar-refractivity contribution in [1.82, 2.24) is 0 Å². The number of aliphatic hydroxyl groups excluding tert-OH is 1. The number of allylic oxidation sites excluding steroid dienone is 1. The standard InChI is InChI=1S/C18H24O4/c1-3-22-18(21)10-14(2)8-9-15(12-19)11-16-6-4-5-7-17(16)13-20/h4-7,10,13,15,19H,3,8-9,11-12H2,1-2H3/b14-10-. The van der Waals surface area contributed by atoms with Crippen molar-refractivity contribution in [3.8, 4) is 0 Å². The molecule has 22 heavy (non-hydrogen) atoms. The Hall–Kier alpha value is -1.94. The Labute approximate surface area is 131 Å². The first-order valence-electron chi connectivity index (χ1n) is 7.58. The molecule has 0 aromatic heterocycles. The minimum atomic E-state index is -0.327. The number of carbonyl (C=O) groups excluding carboxylic acids is 2. The first kappa shape index (κ1) is 18.1. The van der Waals surface area contributed by atoms with E-state index >= 15 is 0 Å². The van der Waals surface area contributed by atoms with Gasteiger partial charge in [0.1, 0.15) is 6.29 Å². The molecule has 0 radical (unpaired) electrons. The molecular weight excluding hydrogens is 280 g/mol. The van der Waals surface area contributed by atoms with Gasteiger partial charge < -0.3 is 9.84 Å². The molecule has 0 aliphatic heterocycles. The SMILES string of the molecule is CCOC(=O)/C=C(/C)CCC(CO)Cc1ccccc1C=O. The van der Waals surface area contributed by atoms with Crippen LogP contribution in [0.25, 0.3) is 0 Å². The predicted octanol–water partition coefficient (Wildman–Crippen LogP) is 2.94. The summed E-state index contributed by atoms with van der Waals surface area (Å²) in [6, 6.07) is 7.41. The first-order chi connectivity index (χ1) is 10.6. The molecule has 0 aliphatic carbocycles. The van der Waals surface area contributed by atoms with Crippen LogP contribution < -0.4 is 0 Å². The van der Waals surface area contributed by atoms with E-state index in [9.17, 15) is 14.7 Å². The van der Waals surface area contributed by atoms with Crippen LogP contribution in [0.15, 0.2) is 35.9 Å². The van der Waals surface area contributed by atoms with Gasteiger partial charge in [0.25, 0.3) is 0 Å². The number of carbonyl (C=O) groups is 2. The largest absolute Gasteiger partial charge is 0.463 e. The molecule has 1 unspecified atom stereocenters. The number of ether oxygens (including phenoxy) is 1. The van der Waals surface area contributed by atoms with Crippen molar-refractivity contribution in [2.75, 3.05) is 13.2 Å². The lowest BCUT2D eigenvalue weighted by molar-refractivity contribution is -0.137. The molecule has 1 atom stereocenters. The molecule has 1 N–H and O–H groups in total. The Morgan fingerprint density at radius 3 is 2.73 bits per heavy atom. The van der Waals surface area contributed by atoms with Gasteiger partial charge in [0, 0.05) is 18.2 Å². The van der Waals surface area contributed by atoms with Crippen LogP contribution in [0.5, 0.6) is 0 Å². The highest BCUT2D eigenvalue weighted by Crippen LogP contribution is 2.19. The van der Waals surface area contributed by atoms with E-state index in [-0.39, 0.29) is 18.5 Å². The first-order valence-corrected chi connectivity index (χ1v) is 7.58. The topological polar surface area (TPSA) is 63.6 Å². The van der Waals surface area contributed by atoms with Gasteiger partial charge in [-0.1, -0.05) is 29.8 Å². The van der Waals surface area contributed by atoms with E-state index in [1.807, 2.05) is 25.1 Å². The lowest BCUT2D eigenvalue weighted by Crippen LogP contribution is -2.11. The highest BCUT2D eigenvalue weighted by molar-refractivity contribution is 5.82. The molecular formula is C18H24O4. The number of esters is 1. The van der Waals surface area contributed by atoms with Crippen molar-refractivity contribution in [3.05, 3.63) is 47.0 Å². The van der Waals surface area contributed by atoms with Crippen LogP contribution in [-0.4, -0.2) is 30.6 Å². The Morgan fingerprint density at radius 2 is 2.09 bits per heavy atom. The van der Waals surface area contributed by atoms with Crippen LogP contribution in [0.3, 0.4) is 0 Å². The fraction of sp³-hybridized carbons (Fsp3) is 0.444.